The van der Waals surface area contributed by atoms with Crippen LogP contribution in [0.5, 0.6) is 0 Å². The standard InChI is InChI=1S/C17H26N4O3.ClH/c1-3-5-12-10-21(11-14(12)20-15(23)7-9-22)16-13(17(24)18-2)6-4-8-19-16;/h4,6,8,12,14,22H,3,5,7,9-11H2,1-2H3,(H,18,24)(H,20,23);1H/t12-,14-;/m0./s1. The molecule has 140 valence electrons. The fraction of sp³-hybridized carbons (Fsp3) is 0.588. The highest BCUT2D eigenvalue weighted by molar-refractivity contribution is 5.98. The molecule has 3 N–H and O–H groups in total. The normalized spacial score (nSPS) is 19.2. The van der Waals surface area contributed by atoms with Gasteiger partial charge in [-0.3, -0.25) is 9.59 Å². The first kappa shape index (κ1) is 21.2. The molecule has 1 aliphatic rings. The van der Waals surface area contributed by atoms with Gasteiger partial charge in [0.1, 0.15) is 5.82 Å². The molecule has 2 heterocycles. The summed E-state index contributed by atoms with van der Waals surface area (Å²) in [5.41, 5.74) is 0.539. The Bertz CT molecular complexity index is 585. The summed E-state index contributed by atoms with van der Waals surface area (Å²) < 4.78 is 0. The van der Waals surface area contributed by atoms with E-state index in [4.69, 9.17) is 5.11 Å². The number of amides is 2. The van der Waals surface area contributed by atoms with E-state index in [1.54, 1.807) is 25.4 Å². The topological polar surface area (TPSA) is 94.6 Å². The number of hydrogen-bond donors (Lipinski definition) is 3. The third kappa shape index (κ3) is 5.31. The molecule has 1 aliphatic heterocycles. The number of aromatic nitrogens is 1. The van der Waals surface area contributed by atoms with E-state index in [-0.39, 0.29) is 43.3 Å². The van der Waals surface area contributed by atoms with E-state index in [2.05, 4.69) is 27.4 Å². The zero-order valence-electron chi connectivity index (χ0n) is 14.7. The number of aliphatic hydroxyl groups excluding tert-OH is 1. The fourth-order valence-corrected chi connectivity index (χ4v) is 3.21. The van der Waals surface area contributed by atoms with Gasteiger partial charge in [-0.15, -0.1) is 12.4 Å². The van der Waals surface area contributed by atoms with Crippen molar-refractivity contribution in [2.45, 2.75) is 32.2 Å². The predicted octanol–water partition coefficient (Wildman–Crippen LogP) is 0.966. The summed E-state index contributed by atoms with van der Waals surface area (Å²) in [6.07, 6.45) is 3.80. The molecule has 0 aliphatic carbocycles. The second-order valence-electron chi connectivity index (χ2n) is 6.06. The molecule has 0 spiro atoms. The second-order valence-corrected chi connectivity index (χ2v) is 6.06. The number of pyridine rings is 1. The number of rotatable bonds is 7. The minimum Gasteiger partial charge on any atom is -0.396 e. The first-order chi connectivity index (χ1) is 11.6. The molecule has 0 bridgehead atoms. The number of hydrogen-bond acceptors (Lipinski definition) is 5. The van der Waals surface area contributed by atoms with Gasteiger partial charge in [-0.25, -0.2) is 4.98 Å². The maximum atomic E-state index is 12.1. The number of anilines is 1. The van der Waals surface area contributed by atoms with Gasteiger partial charge in [0.15, 0.2) is 0 Å². The summed E-state index contributed by atoms with van der Waals surface area (Å²) >= 11 is 0. The average molecular weight is 371 g/mol. The van der Waals surface area contributed by atoms with Crippen LogP contribution < -0.4 is 15.5 Å². The predicted molar refractivity (Wildman–Crippen MR) is 99.1 cm³/mol. The highest BCUT2D eigenvalue weighted by atomic mass is 35.5. The van der Waals surface area contributed by atoms with E-state index in [0.29, 0.717) is 23.8 Å². The van der Waals surface area contributed by atoms with Gasteiger partial charge >= 0.3 is 0 Å². The van der Waals surface area contributed by atoms with Crippen molar-refractivity contribution < 1.29 is 14.7 Å². The van der Waals surface area contributed by atoms with Crippen LogP contribution in [0.1, 0.15) is 36.5 Å². The van der Waals surface area contributed by atoms with E-state index in [1.807, 2.05) is 0 Å². The summed E-state index contributed by atoms with van der Waals surface area (Å²) in [4.78, 5) is 30.4. The molecule has 1 aromatic heterocycles. The average Bonchev–Trinajstić information content (AvgIpc) is 2.97. The first-order valence-corrected chi connectivity index (χ1v) is 8.43. The highest BCUT2D eigenvalue weighted by Crippen LogP contribution is 2.28. The van der Waals surface area contributed by atoms with Gasteiger partial charge in [-0.1, -0.05) is 13.3 Å². The van der Waals surface area contributed by atoms with Crippen LogP contribution in [0.25, 0.3) is 0 Å². The highest BCUT2D eigenvalue weighted by Gasteiger charge is 2.35. The molecule has 1 aromatic rings. The molecule has 0 radical (unpaired) electrons. The number of nitrogens with zero attached hydrogens (tertiary/aromatic N) is 2. The molecule has 25 heavy (non-hydrogen) atoms. The summed E-state index contributed by atoms with van der Waals surface area (Å²) in [7, 11) is 1.60. The molecule has 2 atom stereocenters. The van der Waals surface area contributed by atoms with Crippen molar-refractivity contribution in [2.75, 3.05) is 31.6 Å². The molecule has 0 unspecified atom stereocenters. The van der Waals surface area contributed by atoms with Crippen molar-refractivity contribution in [2.24, 2.45) is 5.92 Å². The minimum atomic E-state index is -0.169. The zero-order chi connectivity index (χ0) is 17.5. The molecule has 8 heteroatoms. The monoisotopic (exact) mass is 370 g/mol. The lowest BCUT2D eigenvalue weighted by atomic mass is 9.98. The number of nitrogens with one attached hydrogen (secondary N) is 2. The Balaban J connectivity index is 0.00000312. The Kier molecular flexibility index (Phi) is 8.65. The van der Waals surface area contributed by atoms with Gasteiger partial charge in [0.25, 0.3) is 5.91 Å². The Labute approximate surface area is 154 Å². The Morgan fingerprint density at radius 2 is 2.16 bits per heavy atom. The van der Waals surface area contributed by atoms with Crippen molar-refractivity contribution >= 4 is 30.0 Å². The molecule has 1 fully saturated rings. The maximum Gasteiger partial charge on any atom is 0.254 e. The fourth-order valence-electron chi connectivity index (χ4n) is 3.21. The number of carbonyl (C=O) groups is 2. The third-order valence-electron chi connectivity index (χ3n) is 4.34. The second kappa shape index (κ2) is 10.2. The van der Waals surface area contributed by atoms with Crippen molar-refractivity contribution in [3.8, 4) is 0 Å². The Hall–Kier alpha value is -1.86. The van der Waals surface area contributed by atoms with Gasteiger partial charge in [0.2, 0.25) is 5.91 Å². The summed E-state index contributed by atoms with van der Waals surface area (Å²) in [5.74, 6) is 0.643. The molecule has 0 saturated carbocycles. The van der Waals surface area contributed by atoms with E-state index in [9.17, 15) is 9.59 Å². The maximum absolute atomic E-state index is 12.1. The van der Waals surface area contributed by atoms with Crippen molar-refractivity contribution in [1.82, 2.24) is 15.6 Å². The van der Waals surface area contributed by atoms with Crippen LogP contribution in [0.4, 0.5) is 5.82 Å². The van der Waals surface area contributed by atoms with Crippen molar-refractivity contribution in [3.63, 3.8) is 0 Å². The molecule has 2 amide bonds. The van der Waals surface area contributed by atoms with Crippen LogP contribution in [-0.4, -0.2) is 54.7 Å². The van der Waals surface area contributed by atoms with Gasteiger partial charge in [0, 0.05) is 32.8 Å². The van der Waals surface area contributed by atoms with Crippen molar-refractivity contribution in [3.05, 3.63) is 23.9 Å². The van der Waals surface area contributed by atoms with E-state index < -0.39 is 0 Å². The number of halogens is 1. The number of carbonyl (C=O) groups excluding carboxylic acids is 2. The summed E-state index contributed by atoms with van der Waals surface area (Å²) in [5, 5.41) is 14.6. The lowest BCUT2D eigenvalue weighted by Crippen LogP contribution is -2.41. The van der Waals surface area contributed by atoms with Gasteiger partial charge in [-0.2, -0.15) is 0 Å². The SMILES string of the molecule is CCC[C@H]1CN(c2ncccc2C(=O)NC)C[C@@H]1NC(=O)CCO.Cl. The van der Waals surface area contributed by atoms with Crippen molar-refractivity contribution in [1.29, 1.82) is 0 Å². The molecular formula is C17H27ClN4O3. The van der Waals surface area contributed by atoms with Crippen LogP contribution in [0.2, 0.25) is 0 Å². The lowest BCUT2D eigenvalue weighted by molar-refractivity contribution is -0.122. The van der Waals surface area contributed by atoms with Crippen LogP contribution in [0.3, 0.4) is 0 Å². The molecule has 0 aromatic carbocycles. The minimum absolute atomic E-state index is 0. The number of aliphatic hydroxyl groups is 1. The van der Waals surface area contributed by atoms with E-state index >= 15 is 0 Å². The largest absolute Gasteiger partial charge is 0.396 e. The summed E-state index contributed by atoms with van der Waals surface area (Å²) in [6.45, 7) is 3.33. The van der Waals surface area contributed by atoms with E-state index in [1.165, 1.54) is 0 Å². The van der Waals surface area contributed by atoms with Crippen LogP contribution in [0.15, 0.2) is 18.3 Å². The van der Waals surface area contributed by atoms with Gasteiger partial charge in [-0.05, 0) is 24.5 Å². The van der Waals surface area contributed by atoms with E-state index in [0.717, 1.165) is 19.4 Å². The molecule has 7 nitrogen and oxygen atoms in total. The Morgan fingerprint density at radius 1 is 1.40 bits per heavy atom. The quantitative estimate of drug-likeness (QED) is 0.664. The smallest absolute Gasteiger partial charge is 0.254 e. The van der Waals surface area contributed by atoms with Gasteiger partial charge < -0.3 is 20.6 Å². The summed E-state index contributed by atoms with van der Waals surface area (Å²) in [6, 6.07) is 3.51. The molecule has 2 rings (SSSR count). The molecule has 1 saturated heterocycles. The Morgan fingerprint density at radius 3 is 2.80 bits per heavy atom. The van der Waals surface area contributed by atoms with Crippen LogP contribution in [-0.2, 0) is 4.79 Å². The lowest BCUT2D eigenvalue weighted by Gasteiger charge is -2.20. The molecular weight excluding hydrogens is 344 g/mol. The van der Waals surface area contributed by atoms with Gasteiger partial charge in [0.05, 0.1) is 18.2 Å². The first-order valence-electron chi connectivity index (χ1n) is 8.43. The third-order valence-corrected chi connectivity index (χ3v) is 4.34. The van der Waals surface area contributed by atoms with Crippen LogP contribution in [0, 0.1) is 5.92 Å². The van der Waals surface area contributed by atoms with Crippen LogP contribution >= 0.6 is 12.4 Å². The zero-order valence-corrected chi connectivity index (χ0v) is 15.5.